The number of rotatable bonds is 5. The third-order valence-corrected chi connectivity index (χ3v) is 3.13. The van der Waals surface area contributed by atoms with Gasteiger partial charge in [0.25, 0.3) is 0 Å². The van der Waals surface area contributed by atoms with Gasteiger partial charge in [-0.3, -0.25) is 9.82 Å². The largest absolute Gasteiger partial charge is 0.277 e. The summed E-state index contributed by atoms with van der Waals surface area (Å²) in [5.41, 5.74) is 6.62. The predicted octanol–water partition coefficient (Wildman–Crippen LogP) is 2.95. The monoisotopic (exact) mass is 316 g/mol. The lowest BCUT2D eigenvalue weighted by atomic mass is 10.2. The highest BCUT2D eigenvalue weighted by atomic mass is 79.9. The van der Waals surface area contributed by atoms with Gasteiger partial charge in [-0.1, -0.05) is 11.5 Å². The van der Waals surface area contributed by atoms with E-state index in [4.69, 9.17) is 10.1 Å². The molecule has 0 atom stereocenters. The lowest BCUT2D eigenvalue weighted by molar-refractivity contribution is 0.0152. The van der Waals surface area contributed by atoms with Gasteiger partial charge in [-0.15, -0.1) is 0 Å². The van der Waals surface area contributed by atoms with Crippen LogP contribution in [0, 0.1) is 11.3 Å². The molecule has 1 aromatic heterocycles. The maximum absolute atomic E-state index is 8.81. The molecule has 0 N–H and O–H groups in total. The highest BCUT2D eigenvalue weighted by Gasteiger charge is 2.01. The second-order valence-corrected chi connectivity index (χ2v) is 4.70. The van der Waals surface area contributed by atoms with E-state index in [9.17, 15) is 0 Å². The molecule has 0 spiro atoms. The van der Waals surface area contributed by atoms with E-state index in [1.54, 1.807) is 18.5 Å². The maximum Gasteiger partial charge on any atom is 0.100 e. The van der Waals surface area contributed by atoms with E-state index in [0.29, 0.717) is 18.7 Å². The Hall–Kier alpha value is -1.74. The number of pyridine rings is 1. The van der Waals surface area contributed by atoms with E-state index in [1.165, 1.54) is 0 Å². The Bertz CT molecular complexity index is 581. The molecule has 19 heavy (non-hydrogen) atoms. The Morgan fingerprint density at radius 1 is 1.21 bits per heavy atom. The fraction of sp³-hybridized carbons (Fsp3) is 0.143. The van der Waals surface area contributed by atoms with Crippen molar-refractivity contribution >= 4 is 15.9 Å². The SMILES string of the molecule is N#Cc1ccc(CO[N]Cc2ccncc2)cc1Br. The van der Waals surface area contributed by atoms with Crippen molar-refractivity contribution in [2.45, 2.75) is 13.2 Å². The molecule has 1 aromatic carbocycles. The summed E-state index contributed by atoms with van der Waals surface area (Å²) in [4.78, 5) is 9.19. The van der Waals surface area contributed by atoms with E-state index >= 15 is 0 Å². The van der Waals surface area contributed by atoms with Crippen LogP contribution in [-0.2, 0) is 18.0 Å². The van der Waals surface area contributed by atoms with Gasteiger partial charge in [0.2, 0.25) is 0 Å². The van der Waals surface area contributed by atoms with Gasteiger partial charge < -0.3 is 0 Å². The van der Waals surface area contributed by atoms with Crippen LogP contribution in [0.3, 0.4) is 0 Å². The first-order chi connectivity index (χ1) is 9.29. The standard InChI is InChI=1S/C14H11BrN3O/c15-14-7-12(1-2-13(14)8-16)10-19-18-9-11-3-5-17-6-4-11/h1-7H,9-10H2. The Morgan fingerprint density at radius 2 is 2.00 bits per heavy atom. The third kappa shape index (κ3) is 4.14. The predicted molar refractivity (Wildman–Crippen MR) is 73.7 cm³/mol. The molecule has 2 rings (SSSR count). The minimum atomic E-state index is 0.384. The van der Waals surface area contributed by atoms with Crippen LogP contribution in [0.1, 0.15) is 16.7 Å². The van der Waals surface area contributed by atoms with Gasteiger partial charge in [-0.05, 0) is 51.3 Å². The fourth-order valence-electron chi connectivity index (χ4n) is 1.47. The Labute approximate surface area is 120 Å². The van der Waals surface area contributed by atoms with Gasteiger partial charge in [-0.2, -0.15) is 5.26 Å². The van der Waals surface area contributed by atoms with E-state index in [2.05, 4.69) is 32.5 Å². The van der Waals surface area contributed by atoms with Crippen molar-refractivity contribution < 1.29 is 4.84 Å². The van der Waals surface area contributed by atoms with Crippen molar-refractivity contribution in [3.63, 3.8) is 0 Å². The number of halogens is 1. The minimum Gasteiger partial charge on any atom is -0.277 e. The highest BCUT2D eigenvalue weighted by Crippen LogP contribution is 2.18. The summed E-state index contributed by atoms with van der Waals surface area (Å²) in [7, 11) is 0. The summed E-state index contributed by atoms with van der Waals surface area (Å²) in [5, 5.41) is 8.81. The third-order valence-electron chi connectivity index (χ3n) is 2.47. The van der Waals surface area contributed by atoms with Gasteiger partial charge >= 0.3 is 0 Å². The smallest absolute Gasteiger partial charge is 0.100 e. The quantitative estimate of drug-likeness (QED) is 0.629. The van der Waals surface area contributed by atoms with Crippen LogP contribution in [0.15, 0.2) is 47.2 Å². The highest BCUT2D eigenvalue weighted by molar-refractivity contribution is 9.10. The normalized spacial score (nSPS) is 10.1. The van der Waals surface area contributed by atoms with Crippen LogP contribution >= 0.6 is 15.9 Å². The number of nitriles is 1. The molecular weight excluding hydrogens is 306 g/mol. The number of nitrogens with zero attached hydrogens (tertiary/aromatic N) is 3. The van der Waals surface area contributed by atoms with Crippen LogP contribution in [0.2, 0.25) is 0 Å². The first kappa shape index (κ1) is 13.7. The summed E-state index contributed by atoms with van der Waals surface area (Å²) in [6, 6.07) is 11.4. The zero-order valence-corrected chi connectivity index (χ0v) is 11.7. The van der Waals surface area contributed by atoms with Crippen molar-refractivity contribution in [3.05, 3.63) is 63.9 Å². The first-order valence-electron chi connectivity index (χ1n) is 5.66. The minimum absolute atomic E-state index is 0.384. The van der Waals surface area contributed by atoms with Gasteiger partial charge in [0.05, 0.1) is 18.7 Å². The van der Waals surface area contributed by atoms with E-state index in [1.807, 2.05) is 24.3 Å². The van der Waals surface area contributed by atoms with Crippen molar-refractivity contribution in [3.8, 4) is 6.07 Å². The van der Waals surface area contributed by atoms with E-state index in [-0.39, 0.29) is 0 Å². The summed E-state index contributed by atoms with van der Waals surface area (Å²) in [5.74, 6) is 0. The zero-order chi connectivity index (χ0) is 13.5. The fourth-order valence-corrected chi connectivity index (χ4v) is 1.98. The molecule has 0 saturated carbocycles. The van der Waals surface area contributed by atoms with E-state index in [0.717, 1.165) is 15.6 Å². The topological polar surface area (TPSA) is 60.0 Å². The lowest BCUT2D eigenvalue weighted by Crippen LogP contribution is -2.06. The average molecular weight is 317 g/mol. The number of hydroxylamine groups is 1. The Kier molecular flexibility index (Phi) is 5.04. The van der Waals surface area contributed by atoms with Crippen LogP contribution in [0.25, 0.3) is 0 Å². The maximum atomic E-state index is 8.81. The number of aromatic nitrogens is 1. The van der Waals surface area contributed by atoms with Gasteiger partial charge in [-0.25, -0.2) is 0 Å². The molecule has 1 radical (unpaired) electrons. The molecule has 0 aliphatic rings. The molecule has 4 nitrogen and oxygen atoms in total. The van der Waals surface area contributed by atoms with Crippen molar-refractivity contribution in [2.24, 2.45) is 0 Å². The summed E-state index contributed by atoms with van der Waals surface area (Å²) in [6.07, 6.45) is 3.45. The van der Waals surface area contributed by atoms with Crippen LogP contribution < -0.4 is 5.48 Å². The molecule has 0 bridgehead atoms. The summed E-state index contributed by atoms with van der Waals surface area (Å²) >= 11 is 3.34. The molecule has 0 amide bonds. The van der Waals surface area contributed by atoms with Crippen LogP contribution in [0.5, 0.6) is 0 Å². The summed E-state index contributed by atoms with van der Waals surface area (Å²) < 4.78 is 0.769. The van der Waals surface area contributed by atoms with Gasteiger partial charge in [0.15, 0.2) is 0 Å². The average Bonchev–Trinajstić information content (AvgIpc) is 2.45. The first-order valence-corrected chi connectivity index (χ1v) is 6.45. The lowest BCUT2D eigenvalue weighted by Gasteiger charge is -2.04. The second kappa shape index (κ2) is 7.00. The Morgan fingerprint density at radius 3 is 2.68 bits per heavy atom. The van der Waals surface area contributed by atoms with Crippen molar-refractivity contribution in [2.75, 3.05) is 0 Å². The molecular formula is C14H11BrN3O. The molecule has 0 fully saturated rings. The second-order valence-electron chi connectivity index (χ2n) is 3.84. The van der Waals surface area contributed by atoms with Crippen molar-refractivity contribution in [1.82, 2.24) is 10.5 Å². The number of hydrogen-bond acceptors (Lipinski definition) is 3. The molecule has 95 valence electrons. The number of hydrogen-bond donors (Lipinski definition) is 0. The zero-order valence-electron chi connectivity index (χ0n) is 10.1. The molecule has 5 heteroatoms. The summed E-state index contributed by atoms with van der Waals surface area (Å²) in [6.45, 7) is 0.884. The number of benzene rings is 1. The van der Waals surface area contributed by atoms with Gasteiger partial charge in [0.1, 0.15) is 6.07 Å². The molecule has 0 unspecified atom stereocenters. The molecule has 1 heterocycles. The van der Waals surface area contributed by atoms with Crippen molar-refractivity contribution in [1.29, 1.82) is 5.26 Å². The molecule has 0 aliphatic carbocycles. The molecule has 2 aromatic rings. The molecule has 0 saturated heterocycles. The van der Waals surface area contributed by atoms with Crippen LogP contribution in [0.4, 0.5) is 0 Å². The van der Waals surface area contributed by atoms with Gasteiger partial charge in [0, 0.05) is 16.9 Å². The van der Waals surface area contributed by atoms with E-state index < -0.39 is 0 Å². The van der Waals surface area contributed by atoms with Crippen LogP contribution in [-0.4, -0.2) is 4.98 Å². The Balaban J connectivity index is 1.80. The molecule has 0 aliphatic heterocycles.